The Balaban J connectivity index is 1.29. The number of ether oxygens (including phenoxy) is 1. The maximum absolute atomic E-state index is 12.7. The SMILES string of the molecule is Cc1cnc(C2CCOCC2)n1C1CCN(C(=O)CCCc2ccccc2)CC1. The Hall–Kier alpha value is -2.14. The second-order valence-electron chi connectivity index (χ2n) is 8.47. The predicted molar refractivity (Wildman–Crippen MR) is 114 cm³/mol. The standard InChI is InChI=1S/C24H33N3O2/c1-19-18-25-24(21-12-16-29-17-13-21)27(19)22-10-14-26(15-11-22)23(28)9-5-8-20-6-3-2-4-7-20/h2-4,6-7,18,21-22H,5,8-17H2,1H3. The Morgan fingerprint density at radius 1 is 1.10 bits per heavy atom. The number of likely N-dealkylation sites (tertiary alicyclic amines) is 1. The minimum atomic E-state index is 0.311. The lowest BCUT2D eigenvalue weighted by Crippen LogP contribution is -2.39. The third-order valence-electron chi connectivity index (χ3n) is 6.48. The molecule has 2 aromatic rings. The zero-order valence-corrected chi connectivity index (χ0v) is 17.6. The van der Waals surface area contributed by atoms with E-state index in [4.69, 9.17) is 9.72 Å². The summed E-state index contributed by atoms with van der Waals surface area (Å²) in [5.41, 5.74) is 2.56. The third kappa shape index (κ3) is 4.89. The lowest BCUT2D eigenvalue weighted by Gasteiger charge is -2.35. The zero-order valence-electron chi connectivity index (χ0n) is 17.6. The van der Waals surface area contributed by atoms with Crippen molar-refractivity contribution in [1.82, 2.24) is 14.5 Å². The van der Waals surface area contributed by atoms with Crippen LogP contribution >= 0.6 is 0 Å². The molecule has 2 saturated heterocycles. The highest BCUT2D eigenvalue weighted by Gasteiger charge is 2.29. The minimum Gasteiger partial charge on any atom is -0.381 e. The molecule has 5 heteroatoms. The van der Waals surface area contributed by atoms with Crippen molar-refractivity contribution in [3.05, 3.63) is 53.6 Å². The van der Waals surface area contributed by atoms with Crippen LogP contribution in [-0.4, -0.2) is 46.7 Å². The summed E-state index contributed by atoms with van der Waals surface area (Å²) < 4.78 is 8.00. The molecule has 0 spiro atoms. The van der Waals surface area contributed by atoms with Crippen molar-refractivity contribution in [3.63, 3.8) is 0 Å². The monoisotopic (exact) mass is 395 g/mol. The Bertz CT molecular complexity index is 788. The molecule has 29 heavy (non-hydrogen) atoms. The molecule has 156 valence electrons. The molecule has 5 nitrogen and oxygen atoms in total. The van der Waals surface area contributed by atoms with Crippen LogP contribution in [0.4, 0.5) is 0 Å². The Labute approximate surface area is 174 Å². The van der Waals surface area contributed by atoms with Crippen molar-refractivity contribution in [2.24, 2.45) is 0 Å². The summed E-state index contributed by atoms with van der Waals surface area (Å²) in [7, 11) is 0. The number of piperidine rings is 1. The highest BCUT2D eigenvalue weighted by Crippen LogP contribution is 2.32. The summed E-state index contributed by atoms with van der Waals surface area (Å²) in [6.45, 7) is 5.56. The number of carbonyl (C=O) groups excluding carboxylic acids is 1. The van der Waals surface area contributed by atoms with Crippen molar-refractivity contribution in [1.29, 1.82) is 0 Å². The third-order valence-corrected chi connectivity index (χ3v) is 6.48. The fourth-order valence-electron chi connectivity index (χ4n) is 4.82. The maximum atomic E-state index is 12.7. The molecule has 1 amide bonds. The van der Waals surface area contributed by atoms with Crippen LogP contribution in [0.3, 0.4) is 0 Å². The van der Waals surface area contributed by atoms with Crippen molar-refractivity contribution in [2.75, 3.05) is 26.3 Å². The molecule has 0 saturated carbocycles. The Kier molecular flexibility index (Phi) is 6.65. The van der Waals surface area contributed by atoms with Crippen molar-refractivity contribution in [2.45, 2.75) is 63.8 Å². The molecule has 0 N–H and O–H groups in total. The second kappa shape index (κ2) is 9.57. The molecule has 0 unspecified atom stereocenters. The molecule has 1 aromatic carbocycles. The van der Waals surface area contributed by atoms with Gasteiger partial charge in [-0.15, -0.1) is 0 Å². The van der Waals surface area contributed by atoms with Gasteiger partial charge in [0.1, 0.15) is 5.82 Å². The van der Waals surface area contributed by atoms with E-state index in [0.29, 0.717) is 24.3 Å². The largest absolute Gasteiger partial charge is 0.381 e. The predicted octanol–water partition coefficient (Wildman–Crippen LogP) is 4.27. The summed E-state index contributed by atoms with van der Waals surface area (Å²) in [4.78, 5) is 19.5. The highest BCUT2D eigenvalue weighted by atomic mass is 16.5. The minimum absolute atomic E-state index is 0.311. The van der Waals surface area contributed by atoms with E-state index in [1.54, 1.807) is 0 Å². The number of aryl methyl sites for hydroxylation is 2. The first kappa shape index (κ1) is 20.1. The fourth-order valence-corrected chi connectivity index (χ4v) is 4.82. The van der Waals surface area contributed by atoms with Crippen molar-refractivity contribution >= 4 is 5.91 Å². The quantitative estimate of drug-likeness (QED) is 0.734. The lowest BCUT2D eigenvalue weighted by atomic mass is 9.97. The molecule has 2 aliphatic heterocycles. The smallest absolute Gasteiger partial charge is 0.222 e. The molecule has 2 fully saturated rings. The van der Waals surface area contributed by atoms with Crippen LogP contribution in [0.5, 0.6) is 0 Å². The Morgan fingerprint density at radius 2 is 1.83 bits per heavy atom. The van der Waals surface area contributed by atoms with Gasteiger partial charge in [-0.2, -0.15) is 0 Å². The van der Waals surface area contributed by atoms with Gasteiger partial charge < -0.3 is 14.2 Å². The summed E-state index contributed by atoms with van der Waals surface area (Å²) in [6, 6.07) is 10.9. The maximum Gasteiger partial charge on any atom is 0.222 e. The van der Waals surface area contributed by atoms with E-state index in [2.05, 4.69) is 40.7 Å². The van der Waals surface area contributed by atoms with Crippen molar-refractivity contribution in [3.8, 4) is 0 Å². The molecule has 2 aliphatic rings. The first-order valence-electron chi connectivity index (χ1n) is 11.2. The van der Waals surface area contributed by atoms with E-state index in [-0.39, 0.29) is 0 Å². The van der Waals surface area contributed by atoms with Crippen LogP contribution in [0.1, 0.15) is 67.6 Å². The zero-order chi connectivity index (χ0) is 20.1. The molecule has 0 radical (unpaired) electrons. The van der Waals surface area contributed by atoms with Gasteiger partial charge in [0.2, 0.25) is 5.91 Å². The van der Waals surface area contributed by atoms with Gasteiger partial charge >= 0.3 is 0 Å². The topological polar surface area (TPSA) is 47.4 Å². The van der Waals surface area contributed by atoms with E-state index >= 15 is 0 Å². The average molecular weight is 396 g/mol. The number of benzene rings is 1. The van der Waals surface area contributed by atoms with Gasteiger partial charge in [-0.1, -0.05) is 30.3 Å². The van der Waals surface area contributed by atoms with Crippen LogP contribution in [0.15, 0.2) is 36.5 Å². The van der Waals surface area contributed by atoms with Crippen LogP contribution < -0.4 is 0 Å². The first-order chi connectivity index (χ1) is 14.2. The van der Waals surface area contributed by atoms with Crippen LogP contribution in [-0.2, 0) is 16.0 Å². The van der Waals surface area contributed by atoms with E-state index in [1.807, 2.05) is 12.3 Å². The summed E-state index contributed by atoms with van der Waals surface area (Å²) in [5, 5.41) is 0. The molecular formula is C24H33N3O2. The number of rotatable bonds is 6. The number of hydrogen-bond donors (Lipinski definition) is 0. The van der Waals surface area contributed by atoms with Crippen LogP contribution in [0.25, 0.3) is 0 Å². The molecule has 0 atom stereocenters. The summed E-state index contributed by atoms with van der Waals surface area (Å²) in [5.74, 6) is 2.06. The van der Waals surface area contributed by atoms with Gasteiger partial charge in [-0.05, 0) is 51.0 Å². The number of hydrogen-bond acceptors (Lipinski definition) is 3. The fraction of sp³-hybridized carbons (Fsp3) is 0.583. The van der Waals surface area contributed by atoms with Crippen molar-refractivity contribution < 1.29 is 9.53 Å². The van der Waals surface area contributed by atoms with Crippen LogP contribution in [0.2, 0.25) is 0 Å². The molecule has 3 heterocycles. The van der Waals surface area contributed by atoms with Gasteiger partial charge in [-0.3, -0.25) is 4.79 Å². The van der Waals surface area contributed by atoms with E-state index in [0.717, 1.165) is 64.8 Å². The highest BCUT2D eigenvalue weighted by molar-refractivity contribution is 5.76. The number of nitrogens with zero attached hydrogens (tertiary/aromatic N) is 3. The normalized spacial score (nSPS) is 18.9. The van der Waals surface area contributed by atoms with E-state index in [9.17, 15) is 4.79 Å². The molecule has 0 aliphatic carbocycles. The Morgan fingerprint density at radius 3 is 2.55 bits per heavy atom. The molecule has 4 rings (SSSR count). The average Bonchev–Trinajstić information content (AvgIpc) is 3.16. The van der Waals surface area contributed by atoms with Crippen LogP contribution in [0, 0.1) is 6.92 Å². The second-order valence-corrected chi connectivity index (χ2v) is 8.47. The van der Waals surface area contributed by atoms with Gasteiger partial charge in [0.05, 0.1) is 0 Å². The van der Waals surface area contributed by atoms with Gasteiger partial charge in [0, 0.05) is 56.6 Å². The van der Waals surface area contributed by atoms with Gasteiger partial charge in [-0.25, -0.2) is 4.98 Å². The number of imidazole rings is 1. The van der Waals surface area contributed by atoms with E-state index in [1.165, 1.54) is 17.1 Å². The summed E-state index contributed by atoms with van der Waals surface area (Å²) in [6.07, 6.45) is 8.76. The number of aromatic nitrogens is 2. The first-order valence-corrected chi connectivity index (χ1v) is 11.2. The van der Waals surface area contributed by atoms with E-state index < -0.39 is 0 Å². The summed E-state index contributed by atoms with van der Waals surface area (Å²) >= 11 is 0. The number of amides is 1. The lowest BCUT2D eigenvalue weighted by molar-refractivity contribution is -0.132. The molecule has 0 bridgehead atoms. The van der Waals surface area contributed by atoms with Gasteiger partial charge in [0.25, 0.3) is 0 Å². The molecule has 1 aromatic heterocycles. The molecular weight excluding hydrogens is 362 g/mol. The number of carbonyl (C=O) groups is 1. The van der Waals surface area contributed by atoms with Gasteiger partial charge in [0.15, 0.2) is 0 Å².